The molecule has 0 bridgehead atoms. The zero-order valence-electron chi connectivity index (χ0n) is 9.70. The van der Waals surface area contributed by atoms with Gasteiger partial charge in [0.05, 0.1) is 22.3 Å². The predicted molar refractivity (Wildman–Crippen MR) is 82.5 cm³/mol. The zero-order chi connectivity index (χ0) is 12.8. The Bertz CT molecular complexity index is 575. The molecule has 1 aromatic carbocycles. The molecule has 2 aromatic heterocycles. The zero-order valence-corrected chi connectivity index (χ0v) is 12.1. The van der Waals surface area contributed by atoms with Crippen LogP contribution in [0.4, 0.5) is 5.13 Å². The maximum absolute atomic E-state index is 5.58. The molecule has 3 aromatic rings. The Morgan fingerprint density at radius 2 is 2.06 bits per heavy atom. The monoisotopic (exact) mass is 296 g/mol. The number of nitrogen functional groups attached to an aromatic ring is 1. The molecule has 0 unspecified atom stereocenters. The van der Waals surface area contributed by atoms with Gasteiger partial charge in [0.1, 0.15) is 5.75 Å². The summed E-state index contributed by atoms with van der Waals surface area (Å²) < 4.78 is 6.34. The van der Waals surface area contributed by atoms with Gasteiger partial charge in [0.2, 0.25) is 0 Å². The number of thiophene rings is 1. The van der Waals surface area contributed by atoms with Crippen LogP contribution in [0.5, 0.6) is 5.75 Å². The minimum Gasteiger partial charge on any atom is -0.426 e. The Hall–Kier alpha value is -1.24. The molecule has 0 radical (unpaired) electrons. The highest BCUT2D eigenvalue weighted by molar-refractivity contribution is 7.94. The Morgan fingerprint density at radius 3 is 2.67 bits per heavy atom. The van der Waals surface area contributed by atoms with Crippen LogP contribution in [0.25, 0.3) is 10.2 Å². The Kier molecular flexibility index (Phi) is 4.86. The summed E-state index contributed by atoms with van der Waals surface area (Å²) in [6.07, 6.45) is 1.88. The van der Waals surface area contributed by atoms with Gasteiger partial charge in [-0.25, -0.2) is 4.98 Å². The van der Waals surface area contributed by atoms with Gasteiger partial charge < -0.3 is 9.92 Å². The number of rotatable bonds is 2. The van der Waals surface area contributed by atoms with Gasteiger partial charge in [0.15, 0.2) is 5.13 Å². The van der Waals surface area contributed by atoms with E-state index in [4.69, 9.17) is 9.92 Å². The molecule has 0 aliphatic carbocycles. The van der Waals surface area contributed by atoms with E-state index in [9.17, 15) is 0 Å². The lowest BCUT2D eigenvalue weighted by atomic mass is 10.3. The summed E-state index contributed by atoms with van der Waals surface area (Å²) in [4.78, 5) is 4.15. The largest absolute Gasteiger partial charge is 0.426 e. The molecule has 0 saturated carbocycles. The van der Waals surface area contributed by atoms with Crippen LogP contribution in [0.1, 0.15) is 0 Å². The lowest BCUT2D eigenvalue weighted by Gasteiger charge is -1.98. The van der Waals surface area contributed by atoms with E-state index in [2.05, 4.69) is 4.98 Å². The number of hydrogen-bond acceptors (Lipinski definition) is 6. The standard InChI is InChI=1S/C8H8N2OS2.C4H4S/c1-12-11-5-2-3-6-7(4-5)13-8(9)10-6;1-2-4-5-3-1/h2-4H,1H3,(H2,9,10);1-4H. The molecule has 6 heteroatoms. The van der Waals surface area contributed by atoms with Crippen molar-refractivity contribution in [3.05, 3.63) is 41.1 Å². The highest BCUT2D eigenvalue weighted by Crippen LogP contribution is 2.28. The van der Waals surface area contributed by atoms with E-state index in [0.29, 0.717) is 5.13 Å². The molecule has 2 N–H and O–H groups in total. The second-order valence-corrected chi connectivity index (χ2v) is 5.60. The van der Waals surface area contributed by atoms with Crippen molar-refractivity contribution in [2.45, 2.75) is 0 Å². The maximum atomic E-state index is 5.58. The summed E-state index contributed by atoms with van der Waals surface area (Å²) in [6, 6.07) is 9.78. The van der Waals surface area contributed by atoms with E-state index in [1.165, 1.54) is 23.4 Å². The molecular weight excluding hydrogens is 284 g/mol. The molecule has 0 spiro atoms. The van der Waals surface area contributed by atoms with Crippen molar-refractivity contribution in [1.82, 2.24) is 4.98 Å². The fourth-order valence-corrected chi connectivity index (χ4v) is 2.81. The van der Waals surface area contributed by atoms with E-state index in [-0.39, 0.29) is 0 Å². The SMILES string of the molecule is CSOc1ccc2nc(N)sc2c1.c1ccsc1. The molecule has 2 heterocycles. The van der Waals surface area contributed by atoms with Crippen molar-refractivity contribution in [1.29, 1.82) is 0 Å². The lowest BCUT2D eigenvalue weighted by molar-refractivity contribution is 0.652. The number of anilines is 1. The first-order valence-electron chi connectivity index (χ1n) is 5.13. The molecule has 3 rings (SSSR count). The number of aromatic nitrogens is 1. The molecule has 0 aliphatic rings. The number of hydrogen-bond donors (Lipinski definition) is 1. The van der Waals surface area contributed by atoms with Gasteiger partial charge in [-0.3, -0.25) is 0 Å². The van der Waals surface area contributed by atoms with Crippen LogP contribution in [0.2, 0.25) is 0 Å². The minimum absolute atomic E-state index is 0.594. The van der Waals surface area contributed by atoms with E-state index in [1.807, 2.05) is 47.3 Å². The summed E-state index contributed by atoms with van der Waals surface area (Å²) in [7, 11) is 0. The van der Waals surface area contributed by atoms with Gasteiger partial charge in [-0.15, -0.1) is 0 Å². The van der Waals surface area contributed by atoms with Crippen LogP contribution in [-0.4, -0.2) is 11.2 Å². The van der Waals surface area contributed by atoms with Crippen molar-refractivity contribution in [3.63, 3.8) is 0 Å². The number of benzene rings is 1. The summed E-state index contributed by atoms with van der Waals surface area (Å²) in [5, 5.41) is 4.68. The minimum atomic E-state index is 0.594. The van der Waals surface area contributed by atoms with Crippen molar-refractivity contribution in [2.24, 2.45) is 0 Å². The first-order chi connectivity index (χ1) is 8.79. The third-order valence-electron chi connectivity index (χ3n) is 1.98. The van der Waals surface area contributed by atoms with Gasteiger partial charge in [-0.2, -0.15) is 11.3 Å². The highest BCUT2D eigenvalue weighted by Gasteiger charge is 2.02. The molecule has 3 nitrogen and oxygen atoms in total. The quantitative estimate of drug-likeness (QED) is 0.717. The van der Waals surface area contributed by atoms with E-state index >= 15 is 0 Å². The molecule has 18 heavy (non-hydrogen) atoms. The summed E-state index contributed by atoms with van der Waals surface area (Å²) in [5.74, 6) is 0.837. The van der Waals surface area contributed by atoms with Crippen LogP contribution in [0.15, 0.2) is 41.1 Å². The van der Waals surface area contributed by atoms with E-state index in [1.54, 1.807) is 11.3 Å². The normalized spacial score (nSPS) is 9.83. The number of nitrogens with two attached hydrogens (primary N) is 1. The molecule has 94 valence electrons. The third kappa shape index (κ3) is 3.63. The van der Waals surface area contributed by atoms with Crippen LogP contribution in [0.3, 0.4) is 0 Å². The van der Waals surface area contributed by atoms with Gasteiger partial charge in [-0.05, 0) is 22.9 Å². The van der Waals surface area contributed by atoms with Crippen LogP contribution in [-0.2, 0) is 0 Å². The van der Waals surface area contributed by atoms with Crippen molar-refractivity contribution in [3.8, 4) is 5.75 Å². The van der Waals surface area contributed by atoms with Crippen molar-refractivity contribution < 1.29 is 4.18 Å². The predicted octanol–water partition coefficient (Wildman–Crippen LogP) is 4.28. The van der Waals surface area contributed by atoms with E-state index < -0.39 is 0 Å². The number of nitrogens with zero attached hydrogens (tertiary/aromatic N) is 1. The van der Waals surface area contributed by atoms with Crippen molar-refractivity contribution in [2.75, 3.05) is 12.0 Å². The molecule has 0 atom stereocenters. The smallest absolute Gasteiger partial charge is 0.181 e. The average Bonchev–Trinajstić information content (AvgIpc) is 2.99. The summed E-state index contributed by atoms with van der Waals surface area (Å²) in [5.41, 5.74) is 6.50. The summed E-state index contributed by atoms with van der Waals surface area (Å²) in [6.45, 7) is 0. The Morgan fingerprint density at radius 1 is 1.28 bits per heavy atom. The van der Waals surface area contributed by atoms with Gasteiger partial charge in [-0.1, -0.05) is 23.5 Å². The van der Waals surface area contributed by atoms with Crippen LogP contribution < -0.4 is 9.92 Å². The van der Waals surface area contributed by atoms with Gasteiger partial charge in [0, 0.05) is 12.3 Å². The number of fused-ring (bicyclic) bond motifs is 1. The fraction of sp³-hybridized carbons (Fsp3) is 0.0833. The lowest BCUT2D eigenvalue weighted by Crippen LogP contribution is -1.79. The highest BCUT2D eigenvalue weighted by atomic mass is 32.2. The first-order valence-corrected chi connectivity index (χ1v) is 8.04. The molecule has 0 fully saturated rings. The van der Waals surface area contributed by atoms with Crippen molar-refractivity contribution >= 4 is 50.1 Å². The molecule has 0 saturated heterocycles. The second-order valence-electron chi connectivity index (χ2n) is 3.22. The topological polar surface area (TPSA) is 48.1 Å². The average molecular weight is 296 g/mol. The fourth-order valence-electron chi connectivity index (χ4n) is 1.30. The Balaban J connectivity index is 0.000000202. The van der Waals surface area contributed by atoms with Crippen LogP contribution >= 0.6 is 34.7 Å². The molecule has 0 amide bonds. The molecular formula is C12H12N2OS3. The van der Waals surface area contributed by atoms with Gasteiger partial charge >= 0.3 is 0 Å². The molecule has 0 aliphatic heterocycles. The second kappa shape index (κ2) is 6.63. The maximum Gasteiger partial charge on any atom is 0.181 e. The summed E-state index contributed by atoms with van der Waals surface area (Å²) >= 11 is 4.51. The van der Waals surface area contributed by atoms with Gasteiger partial charge in [0.25, 0.3) is 0 Å². The third-order valence-corrected chi connectivity index (χ3v) is 3.82. The van der Waals surface area contributed by atoms with E-state index in [0.717, 1.165) is 16.0 Å². The van der Waals surface area contributed by atoms with Crippen LogP contribution in [0, 0.1) is 0 Å². The first kappa shape index (κ1) is 13.2. The Labute approximate surface area is 118 Å². The number of thiazole rings is 1.